The number of rotatable bonds is 6. The highest BCUT2D eigenvalue weighted by Crippen LogP contribution is 2.19. The van der Waals surface area contributed by atoms with Gasteiger partial charge < -0.3 is 10.1 Å². The number of aryl methyl sites for hydroxylation is 1. The Morgan fingerprint density at radius 1 is 1.41 bits per heavy atom. The van der Waals surface area contributed by atoms with Gasteiger partial charge in [-0.15, -0.1) is 5.10 Å². The van der Waals surface area contributed by atoms with E-state index in [-0.39, 0.29) is 0 Å². The molecule has 0 atom stereocenters. The first kappa shape index (κ1) is 11.4. The van der Waals surface area contributed by atoms with E-state index in [0.29, 0.717) is 0 Å². The maximum atomic E-state index is 5.20. The molecule has 0 bridgehead atoms. The van der Waals surface area contributed by atoms with Crippen molar-refractivity contribution >= 4 is 5.82 Å². The first-order chi connectivity index (χ1) is 8.40. The molecule has 1 N–H and O–H groups in total. The number of ether oxygens (including phenoxy) is 1. The van der Waals surface area contributed by atoms with Gasteiger partial charge in [-0.05, 0) is 18.6 Å². The second-order valence-corrected chi connectivity index (χ2v) is 3.50. The summed E-state index contributed by atoms with van der Waals surface area (Å²) in [5.41, 5.74) is 0. The average Bonchev–Trinajstić information content (AvgIpc) is 2.88. The molecule has 2 heterocycles. The predicted molar refractivity (Wildman–Crippen MR) is 63.9 cm³/mol. The summed E-state index contributed by atoms with van der Waals surface area (Å²) in [6.07, 6.45) is 6.21. The van der Waals surface area contributed by atoms with Crippen molar-refractivity contribution in [1.82, 2.24) is 20.0 Å². The standard InChI is InChI=1S/C11H15N5O/c1-17-10-4-2-5-12-11(10)13-6-3-8-16-9-7-14-15-16/h2,4-5,7,9H,3,6,8H2,1H3,(H,12,13). The summed E-state index contributed by atoms with van der Waals surface area (Å²) in [7, 11) is 1.64. The first-order valence-corrected chi connectivity index (χ1v) is 5.47. The molecule has 90 valence electrons. The number of anilines is 1. The van der Waals surface area contributed by atoms with Crippen LogP contribution in [0.25, 0.3) is 0 Å². The van der Waals surface area contributed by atoms with Gasteiger partial charge in [0.1, 0.15) is 0 Å². The molecule has 0 aliphatic rings. The van der Waals surface area contributed by atoms with Crippen molar-refractivity contribution in [3.05, 3.63) is 30.7 Å². The van der Waals surface area contributed by atoms with Crippen LogP contribution in [-0.2, 0) is 6.54 Å². The fourth-order valence-electron chi connectivity index (χ4n) is 1.49. The molecule has 0 aliphatic carbocycles. The SMILES string of the molecule is COc1cccnc1NCCCn1ccnn1. The molecule has 17 heavy (non-hydrogen) atoms. The Hall–Kier alpha value is -2.11. The van der Waals surface area contributed by atoms with E-state index >= 15 is 0 Å². The van der Waals surface area contributed by atoms with E-state index in [1.54, 1.807) is 24.2 Å². The van der Waals surface area contributed by atoms with E-state index < -0.39 is 0 Å². The molecule has 0 spiro atoms. The highest BCUT2D eigenvalue weighted by molar-refractivity contribution is 5.49. The molecule has 6 nitrogen and oxygen atoms in total. The minimum absolute atomic E-state index is 0.758. The molecular weight excluding hydrogens is 218 g/mol. The molecule has 0 fully saturated rings. The minimum atomic E-state index is 0.758. The van der Waals surface area contributed by atoms with Crippen molar-refractivity contribution in [3.8, 4) is 5.75 Å². The normalized spacial score (nSPS) is 10.2. The molecule has 2 rings (SSSR count). The van der Waals surface area contributed by atoms with Crippen LogP contribution in [0.4, 0.5) is 5.82 Å². The Morgan fingerprint density at radius 2 is 2.35 bits per heavy atom. The lowest BCUT2D eigenvalue weighted by atomic mass is 10.4. The Morgan fingerprint density at radius 3 is 3.12 bits per heavy atom. The van der Waals surface area contributed by atoms with Crippen LogP contribution >= 0.6 is 0 Å². The molecule has 0 radical (unpaired) electrons. The van der Waals surface area contributed by atoms with Crippen LogP contribution in [0.5, 0.6) is 5.75 Å². The van der Waals surface area contributed by atoms with Crippen molar-refractivity contribution < 1.29 is 4.74 Å². The second kappa shape index (κ2) is 5.83. The van der Waals surface area contributed by atoms with E-state index in [1.807, 2.05) is 18.3 Å². The Bertz CT molecular complexity index is 443. The zero-order valence-electron chi connectivity index (χ0n) is 9.71. The van der Waals surface area contributed by atoms with E-state index in [4.69, 9.17) is 4.74 Å². The molecule has 0 saturated heterocycles. The lowest BCUT2D eigenvalue weighted by molar-refractivity contribution is 0.414. The summed E-state index contributed by atoms with van der Waals surface area (Å²) in [6, 6.07) is 3.73. The van der Waals surface area contributed by atoms with Gasteiger partial charge in [-0.1, -0.05) is 5.21 Å². The molecular formula is C11H15N5O. The summed E-state index contributed by atoms with van der Waals surface area (Å²) in [6.45, 7) is 1.65. The predicted octanol–water partition coefficient (Wildman–Crippen LogP) is 1.18. The lowest BCUT2D eigenvalue weighted by Crippen LogP contribution is -2.09. The van der Waals surface area contributed by atoms with E-state index in [0.717, 1.165) is 31.1 Å². The van der Waals surface area contributed by atoms with Gasteiger partial charge in [0.05, 0.1) is 13.3 Å². The third kappa shape index (κ3) is 3.17. The van der Waals surface area contributed by atoms with Crippen molar-refractivity contribution in [2.75, 3.05) is 19.0 Å². The smallest absolute Gasteiger partial charge is 0.168 e. The second-order valence-electron chi connectivity index (χ2n) is 3.50. The molecule has 0 amide bonds. The number of pyridine rings is 1. The van der Waals surface area contributed by atoms with Crippen molar-refractivity contribution in [2.45, 2.75) is 13.0 Å². The zero-order valence-corrected chi connectivity index (χ0v) is 9.71. The maximum absolute atomic E-state index is 5.20. The first-order valence-electron chi connectivity index (χ1n) is 5.47. The van der Waals surface area contributed by atoms with Gasteiger partial charge in [-0.3, -0.25) is 4.68 Å². The summed E-state index contributed by atoms with van der Waals surface area (Å²) in [5.74, 6) is 1.53. The van der Waals surface area contributed by atoms with Gasteiger partial charge in [0.25, 0.3) is 0 Å². The zero-order chi connectivity index (χ0) is 11.9. The van der Waals surface area contributed by atoms with Gasteiger partial charge in [0, 0.05) is 25.5 Å². The number of nitrogens with zero attached hydrogens (tertiary/aromatic N) is 4. The quantitative estimate of drug-likeness (QED) is 0.759. The van der Waals surface area contributed by atoms with E-state index in [9.17, 15) is 0 Å². The largest absolute Gasteiger partial charge is 0.493 e. The van der Waals surface area contributed by atoms with E-state index in [1.165, 1.54) is 0 Å². The molecule has 2 aromatic rings. The molecule has 0 saturated carbocycles. The van der Waals surface area contributed by atoms with Crippen LogP contribution in [0.15, 0.2) is 30.7 Å². The summed E-state index contributed by atoms with van der Waals surface area (Å²) < 4.78 is 7.00. The van der Waals surface area contributed by atoms with Crippen LogP contribution in [-0.4, -0.2) is 33.6 Å². The number of hydrogen-bond donors (Lipinski definition) is 1. The van der Waals surface area contributed by atoms with Crippen molar-refractivity contribution in [2.24, 2.45) is 0 Å². The third-order valence-corrected chi connectivity index (χ3v) is 2.32. The number of nitrogens with one attached hydrogen (secondary N) is 1. The van der Waals surface area contributed by atoms with Gasteiger partial charge in [-0.2, -0.15) is 0 Å². The van der Waals surface area contributed by atoms with Crippen LogP contribution in [0.2, 0.25) is 0 Å². The fraction of sp³-hybridized carbons (Fsp3) is 0.364. The molecule has 0 aliphatic heterocycles. The Labute approximate surface area is 99.6 Å². The van der Waals surface area contributed by atoms with Crippen molar-refractivity contribution in [1.29, 1.82) is 0 Å². The molecule has 2 aromatic heterocycles. The van der Waals surface area contributed by atoms with Crippen LogP contribution in [0.3, 0.4) is 0 Å². The lowest BCUT2D eigenvalue weighted by Gasteiger charge is -2.09. The van der Waals surface area contributed by atoms with Gasteiger partial charge in [0.15, 0.2) is 11.6 Å². The molecule has 0 unspecified atom stereocenters. The molecule has 0 aromatic carbocycles. The topological polar surface area (TPSA) is 64.9 Å². The monoisotopic (exact) mass is 233 g/mol. The summed E-state index contributed by atoms with van der Waals surface area (Å²) in [5, 5.41) is 10.9. The number of methoxy groups -OCH3 is 1. The Balaban J connectivity index is 1.78. The molecule has 6 heteroatoms. The highest BCUT2D eigenvalue weighted by Gasteiger charge is 2.01. The summed E-state index contributed by atoms with van der Waals surface area (Å²) >= 11 is 0. The van der Waals surface area contributed by atoms with Gasteiger partial charge in [0.2, 0.25) is 0 Å². The average molecular weight is 233 g/mol. The van der Waals surface area contributed by atoms with Gasteiger partial charge in [-0.25, -0.2) is 4.98 Å². The maximum Gasteiger partial charge on any atom is 0.168 e. The number of hydrogen-bond acceptors (Lipinski definition) is 5. The van der Waals surface area contributed by atoms with Gasteiger partial charge >= 0.3 is 0 Å². The fourth-order valence-corrected chi connectivity index (χ4v) is 1.49. The van der Waals surface area contributed by atoms with E-state index in [2.05, 4.69) is 20.6 Å². The minimum Gasteiger partial charge on any atom is -0.493 e. The third-order valence-electron chi connectivity index (χ3n) is 2.32. The van der Waals surface area contributed by atoms with Crippen molar-refractivity contribution in [3.63, 3.8) is 0 Å². The van der Waals surface area contributed by atoms with Crippen LogP contribution in [0, 0.1) is 0 Å². The van der Waals surface area contributed by atoms with Crippen LogP contribution < -0.4 is 10.1 Å². The Kier molecular flexibility index (Phi) is 3.90. The van der Waals surface area contributed by atoms with Crippen LogP contribution in [0.1, 0.15) is 6.42 Å². The highest BCUT2D eigenvalue weighted by atomic mass is 16.5. The number of aromatic nitrogens is 4. The summed E-state index contributed by atoms with van der Waals surface area (Å²) in [4.78, 5) is 4.21.